The van der Waals surface area contributed by atoms with Crippen molar-refractivity contribution in [3.05, 3.63) is 0 Å². The largest absolute Gasteiger partial charge is 0.481 e. The average molecular weight is 214 g/mol. The summed E-state index contributed by atoms with van der Waals surface area (Å²) in [5.74, 6) is -0.284. The van der Waals surface area contributed by atoms with Gasteiger partial charge in [-0.3, -0.25) is 4.79 Å². The fourth-order valence-corrected chi connectivity index (χ4v) is 0.998. The van der Waals surface area contributed by atoms with Gasteiger partial charge in [-0.05, 0) is 32.6 Å². The molecule has 3 N–H and O–H groups in total. The highest BCUT2D eigenvalue weighted by molar-refractivity contribution is 5.77. The van der Waals surface area contributed by atoms with Crippen LogP contribution in [0.25, 0.3) is 0 Å². The molecule has 15 heavy (non-hydrogen) atoms. The number of amides is 2. The van der Waals surface area contributed by atoms with Crippen molar-refractivity contribution >= 4 is 12.0 Å². The van der Waals surface area contributed by atoms with Crippen LogP contribution in [0.4, 0.5) is 4.79 Å². The summed E-state index contributed by atoms with van der Waals surface area (Å²) in [7, 11) is 0. The number of hydrogen-bond acceptors (Lipinski definition) is 2. The molecule has 1 fully saturated rings. The van der Waals surface area contributed by atoms with Crippen molar-refractivity contribution in [2.75, 3.05) is 13.1 Å². The first-order valence-electron chi connectivity index (χ1n) is 5.17. The lowest BCUT2D eigenvalue weighted by Gasteiger charge is -2.19. The summed E-state index contributed by atoms with van der Waals surface area (Å²) in [5, 5.41) is 14.1. The fraction of sp³-hybridized carbons (Fsp3) is 0.800. The SMILES string of the molecule is CC(C)(CNC(=O)NCC1CC1)C(=O)O. The smallest absolute Gasteiger partial charge is 0.314 e. The second kappa shape index (κ2) is 4.51. The van der Waals surface area contributed by atoms with Crippen LogP contribution in [0.5, 0.6) is 0 Å². The van der Waals surface area contributed by atoms with Crippen molar-refractivity contribution in [2.45, 2.75) is 26.7 Å². The van der Waals surface area contributed by atoms with E-state index in [2.05, 4.69) is 10.6 Å². The van der Waals surface area contributed by atoms with Gasteiger partial charge in [0.2, 0.25) is 0 Å². The minimum absolute atomic E-state index is 0.138. The summed E-state index contributed by atoms with van der Waals surface area (Å²) in [6.45, 7) is 3.99. The van der Waals surface area contributed by atoms with Gasteiger partial charge in [0.25, 0.3) is 0 Å². The fourth-order valence-electron chi connectivity index (χ4n) is 0.998. The zero-order valence-corrected chi connectivity index (χ0v) is 9.17. The molecule has 1 saturated carbocycles. The average Bonchev–Trinajstić information content (AvgIpc) is 2.94. The Morgan fingerprint density at radius 1 is 1.33 bits per heavy atom. The van der Waals surface area contributed by atoms with Gasteiger partial charge in [-0.15, -0.1) is 0 Å². The molecule has 0 heterocycles. The first-order valence-corrected chi connectivity index (χ1v) is 5.17. The molecule has 0 aromatic rings. The van der Waals surface area contributed by atoms with Gasteiger partial charge in [-0.1, -0.05) is 0 Å². The molecule has 0 radical (unpaired) electrons. The van der Waals surface area contributed by atoms with E-state index in [0.29, 0.717) is 12.5 Å². The van der Waals surface area contributed by atoms with Crippen molar-refractivity contribution in [1.82, 2.24) is 10.6 Å². The van der Waals surface area contributed by atoms with E-state index in [9.17, 15) is 9.59 Å². The Balaban J connectivity index is 2.17. The van der Waals surface area contributed by atoms with Crippen LogP contribution < -0.4 is 10.6 Å². The zero-order chi connectivity index (χ0) is 11.5. The molecule has 0 atom stereocenters. The molecule has 86 valence electrons. The minimum atomic E-state index is -0.920. The second-order valence-electron chi connectivity index (χ2n) is 4.70. The van der Waals surface area contributed by atoms with E-state index in [0.717, 1.165) is 0 Å². The van der Waals surface area contributed by atoms with Crippen LogP contribution in [0.3, 0.4) is 0 Å². The Kier molecular flexibility index (Phi) is 3.55. The summed E-state index contributed by atoms with van der Waals surface area (Å²) in [6.07, 6.45) is 2.36. The molecular weight excluding hydrogens is 196 g/mol. The van der Waals surface area contributed by atoms with E-state index in [1.807, 2.05) is 0 Å². The predicted octanol–water partition coefficient (Wildman–Crippen LogP) is 0.806. The summed E-state index contributed by atoms with van der Waals surface area (Å²) >= 11 is 0. The van der Waals surface area contributed by atoms with E-state index < -0.39 is 11.4 Å². The van der Waals surface area contributed by atoms with Crippen molar-refractivity contribution < 1.29 is 14.7 Å². The molecule has 0 bridgehead atoms. The Labute approximate surface area is 89.2 Å². The van der Waals surface area contributed by atoms with Crippen LogP contribution in [0.2, 0.25) is 0 Å². The van der Waals surface area contributed by atoms with E-state index in [4.69, 9.17) is 5.11 Å². The maximum absolute atomic E-state index is 11.2. The van der Waals surface area contributed by atoms with Gasteiger partial charge >= 0.3 is 12.0 Å². The Morgan fingerprint density at radius 2 is 1.93 bits per heavy atom. The molecule has 0 unspecified atom stereocenters. The normalized spacial score (nSPS) is 15.9. The highest BCUT2D eigenvalue weighted by atomic mass is 16.4. The first-order chi connectivity index (χ1) is 6.92. The number of carboxylic acid groups (broad SMARTS) is 1. The van der Waals surface area contributed by atoms with Crippen molar-refractivity contribution in [1.29, 1.82) is 0 Å². The topological polar surface area (TPSA) is 78.4 Å². The number of carboxylic acids is 1. The number of rotatable bonds is 5. The van der Waals surface area contributed by atoms with Crippen LogP contribution in [-0.4, -0.2) is 30.2 Å². The third-order valence-corrected chi connectivity index (χ3v) is 2.52. The number of carbonyl (C=O) groups excluding carboxylic acids is 1. The summed E-state index contributed by atoms with van der Waals surface area (Å²) in [5.41, 5.74) is -0.920. The van der Waals surface area contributed by atoms with Gasteiger partial charge < -0.3 is 15.7 Å². The van der Waals surface area contributed by atoms with E-state index >= 15 is 0 Å². The molecule has 0 saturated heterocycles. The van der Waals surface area contributed by atoms with Crippen LogP contribution >= 0.6 is 0 Å². The summed E-state index contributed by atoms with van der Waals surface area (Å²) in [4.78, 5) is 22.0. The molecule has 0 spiro atoms. The number of aliphatic carboxylic acids is 1. The van der Waals surface area contributed by atoms with E-state index in [1.165, 1.54) is 12.8 Å². The van der Waals surface area contributed by atoms with Crippen LogP contribution in [-0.2, 0) is 4.79 Å². The van der Waals surface area contributed by atoms with Crippen molar-refractivity contribution in [3.8, 4) is 0 Å². The number of urea groups is 1. The standard InChI is InChI=1S/C10H18N2O3/c1-10(2,8(13)14)6-12-9(15)11-5-7-3-4-7/h7H,3-6H2,1-2H3,(H,13,14)(H2,11,12,15). The molecule has 1 aliphatic rings. The maximum atomic E-state index is 11.2. The number of nitrogens with one attached hydrogen (secondary N) is 2. The van der Waals surface area contributed by atoms with Gasteiger partial charge in [0.1, 0.15) is 0 Å². The molecule has 5 nitrogen and oxygen atoms in total. The first kappa shape index (κ1) is 11.8. The predicted molar refractivity (Wildman–Crippen MR) is 55.5 cm³/mol. The number of hydrogen-bond donors (Lipinski definition) is 3. The second-order valence-corrected chi connectivity index (χ2v) is 4.70. The molecule has 0 aromatic carbocycles. The van der Waals surface area contributed by atoms with Gasteiger partial charge in [0, 0.05) is 13.1 Å². The molecule has 0 aromatic heterocycles. The van der Waals surface area contributed by atoms with Gasteiger partial charge in [0.15, 0.2) is 0 Å². The monoisotopic (exact) mass is 214 g/mol. The highest BCUT2D eigenvalue weighted by Crippen LogP contribution is 2.27. The Hall–Kier alpha value is -1.26. The van der Waals surface area contributed by atoms with E-state index in [1.54, 1.807) is 13.8 Å². The highest BCUT2D eigenvalue weighted by Gasteiger charge is 2.28. The molecular formula is C10H18N2O3. The lowest BCUT2D eigenvalue weighted by Crippen LogP contribution is -2.43. The lowest BCUT2D eigenvalue weighted by atomic mass is 9.94. The molecule has 5 heteroatoms. The Morgan fingerprint density at radius 3 is 2.40 bits per heavy atom. The number of carbonyl (C=O) groups is 2. The van der Waals surface area contributed by atoms with Gasteiger partial charge in [-0.2, -0.15) is 0 Å². The molecule has 2 amide bonds. The summed E-state index contributed by atoms with van der Waals surface area (Å²) in [6, 6.07) is -0.281. The van der Waals surface area contributed by atoms with Gasteiger partial charge in [-0.25, -0.2) is 4.79 Å². The van der Waals surface area contributed by atoms with Gasteiger partial charge in [0.05, 0.1) is 5.41 Å². The lowest BCUT2D eigenvalue weighted by molar-refractivity contribution is -0.146. The third-order valence-electron chi connectivity index (χ3n) is 2.52. The van der Waals surface area contributed by atoms with E-state index in [-0.39, 0.29) is 12.6 Å². The van der Waals surface area contributed by atoms with Crippen molar-refractivity contribution in [3.63, 3.8) is 0 Å². The summed E-state index contributed by atoms with van der Waals surface area (Å²) < 4.78 is 0. The van der Waals surface area contributed by atoms with Crippen LogP contribution in [0, 0.1) is 11.3 Å². The van der Waals surface area contributed by atoms with Crippen LogP contribution in [0.15, 0.2) is 0 Å². The van der Waals surface area contributed by atoms with Crippen molar-refractivity contribution in [2.24, 2.45) is 11.3 Å². The molecule has 1 aliphatic carbocycles. The maximum Gasteiger partial charge on any atom is 0.314 e. The third kappa shape index (κ3) is 4.18. The minimum Gasteiger partial charge on any atom is -0.481 e. The quantitative estimate of drug-likeness (QED) is 0.633. The molecule has 1 rings (SSSR count). The van der Waals surface area contributed by atoms with Crippen LogP contribution in [0.1, 0.15) is 26.7 Å². The zero-order valence-electron chi connectivity index (χ0n) is 9.17. The molecule has 0 aliphatic heterocycles. The Bertz CT molecular complexity index is 259.